The molecule has 1 N–H and O–H groups in total. The van der Waals surface area contributed by atoms with Crippen molar-refractivity contribution in [2.75, 3.05) is 40.5 Å². The van der Waals surface area contributed by atoms with Crippen LogP contribution in [0, 0.1) is 0 Å². The maximum absolute atomic E-state index is 13.4. The minimum atomic E-state index is -2.15. The van der Waals surface area contributed by atoms with E-state index in [1.165, 1.54) is 72.6 Å². The van der Waals surface area contributed by atoms with Crippen LogP contribution in [0.1, 0.15) is 112 Å². The Hall–Kier alpha value is -6.17. The van der Waals surface area contributed by atoms with Gasteiger partial charge in [0.2, 0.25) is 5.88 Å². The van der Waals surface area contributed by atoms with Gasteiger partial charge < -0.3 is 19.5 Å². The van der Waals surface area contributed by atoms with Crippen LogP contribution in [0.25, 0.3) is 21.7 Å². The van der Waals surface area contributed by atoms with Crippen LogP contribution in [0.5, 0.6) is 5.88 Å². The van der Waals surface area contributed by atoms with E-state index in [1.807, 2.05) is 50.5 Å². The zero-order chi connectivity index (χ0) is 50.7. The summed E-state index contributed by atoms with van der Waals surface area (Å²) in [5.41, 5.74) is 3.45. The number of hydrogen-bond donors (Lipinski definition) is 1. The number of aromatic nitrogens is 1. The second-order valence-electron chi connectivity index (χ2n) is 20.3. The number of aliphatic hydroxyl groups is 1. The summed E-state index contributed by atoms with van der Waals surface area (Å²) >= 11 is 0. The Balaban J connectivity index is 0.788. The molecule has 0 bridgehead atoms. The number of ether oxygens (including phenoxy) is 2. The van der Waals surface area contributed by atoms with Gasteiger partial charge in [0.25, 0.3) is 0 Å². The summed E-state index contributed by atoms with van der Waals surface area (Å²) in [4.78, 5) is 19.9. The summed E-state index contributed by atoms with van der Waals surface area (Å²) < 4.78 is 11.8. The van der Waals surface area contributed by atoms with Gasteiger partial charge in [-0.3, -0.25) is 4.79 Å². The van der Waals surface area contributed by atoms with Crippen LogP contribution >= 0.6 is 7.26 Å². The third kappa shape index (κ3) is 13.5. The maximum Gasteiger partial charge on any atom is 0.102 e. The zero-order valence-electron chi connectivity index (χ0n) is 43.6. The quantitative estimate of drug-likeness (QED) is 0.0299. The van der Waals surface area contributed by atoms with Crippen LogP contribution in [0.3, 0.4) is 0 Å². The Morgan fingerprint density at radius 2 is 1.16 bits per heavy atom. The van der Waals surface area contributed by atoms with Crippen LogP contribution in [-0.4, -0.2) is 61.5 Å². The van der Waals surface area contributed by atoms with Crippen molar-refractivity contribution in [3.8, 4) is 5.88 Å². The van der Waals surface area contributed by atoms with Crippen LogP contribution in [0.2, 0.25) is 0 Å². The number of fused-ring (bicyclic) bond motifs is 2. The zero-order valence-corrected chi connectivity index (χ0v) is 44.6. The number of rotatable bonds is 28. The second kappa shape index (κ2) is 26.7. The number of carbonyl (C=O) groups is 1. The largest absolute Gasteiger partial charge is 0.384 e. The Kier molecular flexibility index (Phi) is 19.4. The van der Waals surface area contributed by atoms with Crippen molar-refractivity contribution in [2.45, 2.75) is 101 Å². The van der Waals surface area contributed by atoms with Crippen LogP contribution in [-0.2, 0) is 21.6 Å². The number of unbranched alkanes of at least 4 members (excludes halogenated alkanes) is 9. The third-order valence-electron chi connectivity index (χ3n) is 15.0. The van der Waals surface area contributed by atoms with Gasteiger partial charge in [-0.1, -0.05) is 78.9 Å². The first-order valence-electron chi connectivity index (χ1n) is 27.0. The molecule has 0 fully saturated rings. The van der Waals surface area contributed by atoms with Gasteiger partial charge in [0.05, 0.1) is 19.2 Å². The molecular formula is C66H77N2O4P. The van der Waals surface area contributed by atoms with E-state index in [0.717, 1.165) is 70.5 Å². The summed E-state index contributed by atoms with van der Waals surface area (Å²) in [6, 6.07) is 67.2. The van der Waals surface area contributed by atoms with E-state index < -0.39 is 18.8 Å². The number of aryl methyl sites for hydroxylation is 1. The molecule has 73 heavy (non-hydrogen) atoms. The minimum absolute atomic E-state index is 0.0820. The number of pyridine rings is 1. The molecule has 0 amide bonds. The van der Waals surface area contributed by atoms with Crippen LogP contribution < -0.4 is 20.7 Å². The van der Waals surface area contributed by atoms with Crippen LogP contribution in [0.4, 0.5) is 0 Å². The molecule has 0 aliphatic rings. The Morgan fingerprint density at radius 3 is 1.78 bits per heavy atom. The minimum Gasteiger partial charge on any atom is -0.384 e. The van der Waals surface area contributed by atoms with Gasteiger partial charge in [-0.25, -0.2) is 4.98 Å². The smallest absolute Gasteiger partial charge is 0.102 e. The van der Waals surface area contributed by atoms with E-state index in [0.29, 0.717) is 31.9 Å². The van der Waals surface area contributed by atoms with E-state index in [2.05, 4.69) is 157 Å². The summed E-state index contributed by atoms with van der Waals surface area (Å²) in [6.45, 7) is 1.12. The van der Waals surface area contributed by atoms with Crippen molar-refractivity contribution in [2.24, 2.45) is 0 Å². The summed E-state index contributed by atoms with van der Waals surface area (Å²) in [7, 11) is 3.61. The van der Waals surface area contributed by atoms with Crippen LogP contribution in [0.15, 0.2) is 188 Å². The normalized spacial score (nSPS) is 13.2. The first-order valence-corrected chi connectivity index (χ1v) is 29.2. The first kappa shape index (κ1) is 53.1. The van der Waals surface area contributed by atoms with E-state index in [9.17, 15) is 9.90 Å². The number of hydrogen-bond acceptors (Lipinski definition) is 6. The molecule has 7 aromatic carbocycles. The van der Waals surface area contributed by atoms with Gasteiger partial charge in [-0.2, -0.15) is 0 Å². The summed E-state index contributed by atoms with van der Waals surface area (Å²) in [5.74, 6) is -0.0563. The molecule has 0 saturated carbocycles. The van der Waals surface area contributed by atoms with Crippen molar-refractivity contribution in [1.82, 2.24) is 9.88 Å². The van der Waals surface area contributed by atoms with Gasteiger partial charge in [-0.15, -0.1) is 0 Å². The Labute approximate surface area is 436 Å². The molecule has 1 heterocycles. The number of methoxy groups -OCH3 is 1. The predicted molar refractivity (Wildman–Crippen MR) is 309 cm³/mol. The molecule has 8 rings (SSSR count). The summed E-state index contributed by atoms with van der Waals surface area (Å²) in [5, 5.41) is 21.0. The average molecular weight is 993 g/mol. The molecule has 0 aliphatic heterocycles. The third-order valence-corrected chi connectivity index (χ3v) is 20.1. The molecule has 0 unspecified atom stereocenters. The SMILES string of the molecule is COc1nc2ccc(CCCCOC(=O)CCCCCCCCCCC[PH](c3ccccc3)(c3ccccc3)c3ccccc3)cc2cc1[C@@H](c1ccccc1)[C@@](O)(CCN(C)C)c1cccc2ccccc12. The van der Waals surface area contributed by atoms with Gasteiger partial charge in [-0.05, 0) is 85.4 Å². The molecule has 8 aromatic rings. The molecular weight excluding hydrogens is 916 g/mol. The standard InChI is InChI=1S/C66H77N2O4P/c1-68(2)47-46-66(70,61-42-29-34-53-31-24-25-41-59(53)61)64(54-32-15-11-16-33-54)60-51-55-50-52(44-45-62(55)67-65(60)71-3)30-26-27-48-72-63(69)43-23-9-7-5-4-6-8-10-28-49-73(56-35-17-12-18-36-56,57-37-19-13-20-38-57)58-39-21-14-22-40-58/h11-22,24-25,29,31-42,44-45,50-51,64,70,73H,4-10,23,26-28,30,43,46-49H2,1-3H3/t64-,66-/m1/s1. The molecule has 0 radical (unpaired) electrons. The van der Waals surface area contributed by atoms with Crippen molar-refractivity contribution in [1.29, 1.82) is 0 Å². The van der Waals surface area contributed by atoms with E-state index in [1.54, 1.807) is 7.11 Å². The number of esters is 1. The van der Waals surface area contributed by atoms with Gasteiger partial charge >= 0.3 is 191 Å². The number of carbonyl (C=O) groups excluding carboxylic acids is 1. The fraction of sp³-hybridized carbons (Fsp3) is 0.333. The Morgan fingerprint density at radius 1 is 0.603 bits per heavy atom. The van der Waals surface area contributed by atoms with E-state index >= 15 is 0 Å². The molecule has 2 atom stereocenters. The molecule has 0 spiro atoms. The second-order valence-corrected chi connectivity index (χ2v) is 24.4. The van der Waals surface area contributed by atoms with Crippen molar-refractivity contribution < 1.29 is 19.4 Å². The number of nitrogens with zero attached hydrogens (tertiary/aromatic N) is 2. The molecule has 0 saturated heterocycles. The van der Waals surface area contributed by atoms with Gasteiger partial charge in [0.1, 0.15) is 5.60 Å². The molecule has 380 valence electrons. The van der Waals surface area contributed by atoms with Gasteiger partial charge in [0, 0.05) is 23.4 Å². The van der Waals surface area contributed by atoms with Crippen molar-refractivity contribution >= 4 is 50.8 Å². The summed E-state index contributed by atoms with van der Waals surface area (Å²) in [6.07, 6.45) is 15.4. The molecule has 0 aliphatic carbocycles. The average Bonchev–Trinajstić information content (AvgIpc) is 3.43. The molecule has 6 nitrogen and oxygen atoms in total. The fourth-order valence-electron chi connectivity index (χ4n) is 11.2. The maximum atomic E-state index is 13.4. The van der Waals surface area contributed by atoms with Gasteiger partial charge in [0.15, 0.2) is 0 Å². The topological polar surface area (TPSA) is 71.9 Å². The van der Waals surface area contributed by atoms with E-state index in [4.69, 9.17) is 14.5 Å². The molecule has 7 heteroatoms. The Bertz CT molecular complexity index is 2830. The molecule has 1 aromatic heterocycles. The predicted octanol–water partition coefficient (Wildman–Crippen LogP) is 13.9. The number of benzene rings is 7. The van der Waals surface area contributed by atoms with E-state index in [-0.39, 0.29) is 5.97 Å². The monoisotopic (exact) mass is 993 g/mol. The van der Waals surface area contributed by atoms with Crippen molar-refractivity contribution in [3.63, 3.8) is 0 Å². The first-order chi connectivity index (χ1) is 35.8. The van der Waals surface area contributed by atoms with Crippen molar-refractivity contribution in [3.05, 3.63) is 210 Å². The fourth-order valence-corrected chi connectivity index (χ4v) is 16.2.